The van der Waals surface area contributed by atoms with Crippen LogP contribution in [-0.2, 0) is 6.18 Å². The van der Waals surface area contributed by atoms with Crippen LogP contribution in [0.5, 0.6) is 0 Å². The minimum absolute atomic E-state index is 0.149. The highest BCUT2D eigenvalue weighted by Crippen LogP contribution is 2.32. The third-order valence-electron chi connectivity index (χ3n) is 5.36. The first-order valence-corrected chi connectivity index (χ1v) is 10.0. The van der Waals surface area contributed by atoms with Crippen molar-refractivity contribution in [3.05, 3.63) is 100 Å². The molecule has 0 bridgehead atoms. The Hall–Kier alpha value is -4.20. The number of benzene rings is 3. The second-order valence-corrected chi connectivity index (χ2v) is 7.60. The summed E-state index contributed by atoms with van der Waals surface area (Å²) in [5.41, 5.74) is 1.71. The molecule has 5 aromatic rings. The lowest BCUT2D eigenvalue weighted by molar-refractivity contribution is -0.137. The Morgan fingerprint density at radius 1 is 0.879 bits per heavy atom. The fraction of sp³-hybridized carbons (Fsp3) is 0.0800. The fourth-order valence-electron chi connectivity index (χ4n) is 3.62. The highest BCUT2D eigenvalue weighted by Gasteiger charge is 2.30. The van der Waals surface area contributed by atoms with Gasteiger partial charge in [0.05, 0.1) is 11.1 Å². The van der Waals surface area contributed by atoms with E-state index in [9.17, 15) is 18.0 Å². The topological polar surface area (TPSA) is 60.9 Å². The summed E-state index contributed by atoms with van der Waals surface area (Å²) in [6.45, 7) is 1.96. The average molecular weight is 447 g/mol. The Morgan fingerprint density at radius 3 is 2.21 bits per heavy atom. The molecule has 8 heteroatoms. The molecule has 0 atom stereocenters. The molecule has 0 spiro atoms. The summed E-state index contributed by atoms with van der Waals surface area (Å²) in [5, 5.41) is 5.05. The van der Waals surface area contributed by atoms with E-state index in [-0.39, 0.29) is 17.3 Å². The first kappa shape index (κ1) is 20.7. The quantitative estimate of drug-likeness (QED) is 0.339. The van der Waals surface area contributed by atoms with E-state index in [1.54, 1.807) is 30.5 Å². The van der Waals surface area contributed by atoms with Gasteiger partial charge in [-0.1, -0.05) is 53.2 Å². The Kier molecular flexibility index (Phi) is 4.85. The van der Waals surface area contributed by atoms with Gasteiger partial charge in [0, 0.05) is 28.2 Å². The number of alkyl halides is 3. The molecule has 5 nitrogen and oxygen atoms in total. The third-order valence-corrected chi connectivity index (χ3v) is 5.36. The number of aryl methyl sites for hydroxylation is 1. The molecule has 164 valence electrons. The molecule has 0 N–H and O–H groups in total. The first-order valence-electron chi connectivity index (χ1n) is 10.0. The minimum atomic E-state index is -4.43. The van der Waals surface area contributed by atoms with Crippen LogP contribution < -0.4 is 5.56 Å². The van der Waals surface area contributed by atoms with E-state index in [1.165, 1.54) is 16.7 Å². The Morgan fingerprint density at radius 2 is 1.55 bits per heavy atom. The van der Waals surface area contributed by atoms with Crippen LogP contribution in [0.1, 0.15) is 11.1 Å². The third kappa shape index (κ3) is 3.80. The van der Waals surface area contributed by atoms with Gasteiger partial charge in [0.25, 0.3) is 11.4 Å². The first-order chi connectivity index (χ1) is 15.8. The predicted octanol–water partition coefficient (Wildman–Crippen LogP) is 6.03. The van der Waals surface area contributed by atoms with Crippen molar-refractivity contribution in [3.63, 3.8) is 0 Å². The van der Waals surface area contributed by atoms with Gasteiger partial charge in [-0.15, -0.1) is 0 Å². The van der Waals surface area contributed by atoms with Crippen molar-refractivity contribution in [2.75, 3.05) is 0 Å². The van der Waals surface area contributed by atoms with Crippen molar-refractivity contribution in [2.24, 2.45) is 0 Å². The van der Waals surface area contributed by atoms with E-state index in [2.05, 4.69) is 10.1 Å². The fourth-order valence-corrected chi connectivity index (χ4v) is 3.62. The van der Waals surface area contributed by atoms with E-state index in [1.807, 2.05) is 31.2 Å². The van der Waals surface area contributed by atoms with Gasteiger partial charge in [-0.25, -0.2) is 0 Å². The standard InChI is InChI=1S/C25H16F3N3O2/c1-15-6-12-18(13-7-15)31-14-21(19-4-2-3-5-20(19)24(31)32)23-29-22(30-33-23)16-8-10-17(11-9-16)25(26,27)28/h2-14H,1H3. The molecule has 0 aliphatic carbocycles. The van der Waals surface area contributed by atoms with Gasteiger partial charge in [-0.2, -0.15) is 18.2 Å². The largest absolute Gasteiger partial charge is 0.416 e. The number of aromatic nitrogens is 3. The highest BCUT2D eigenvalue weighted by atomic mass is 19.4. The predicted molar refractivity (Wildman–Crippen MR) is 118 cm³/mol. The smallest absolute Gasteiger partial charge is 0.334 e. The van der Waals surface area contributed by atoms with E-state index in [0.717, 1.165) is 17.7 Å². The van der Waals surface area contributed by atoms with Gasteiger partial charge in [0.2, 0.25) is 5.82 Å². The SMILES string of the molecule is Cc1ccc(-n2cc(-c3nc(-c4ccc(C(F)(F)F)cc4)no3)c3ccccc3c2=O)cc1. The van der Waals surface area contributed by atoms with Crippen LogP contribution in [0, 0.1) is 6.92 Å². The molecule has 0 radical (unpaired) electrons. The van der Waals surface area contributed by atoms with Gasteiger partial charge in [-0.05, 0) is 37.3 Å². The molecule has 0 aliphatic rings. The minimum Gasteiger partial charge on any atom is -0.334 e. The van der Waals surface area contributed by atoms with E-state index < -0.39 is 11.7 Å². The van der Waals surface area contributed by atoms with E-state index >= 15 is 0 Å². The lowest BCUT2D eigenvalue weighted by atomic mass is 10.1. The zero-order chi connectivity index (χ0) is 23.2. The molecule has 0 saturated heterocycles. The number of pyridine rings is 1. The molecule has 3 aromatic carbocycles. The van der Waals surface area contributed by atoms with Crippen LogP contribution in [0.2, 0.25) is 0 Å². The number of hydrogen-bond donors (Lipinski definition) is 0. The molecule has 0 fully saturated rings. The lowest BCUT2D eigenvalue weighted by Gasteiger charge is -2.10. The normalized spacial score (nSPS) is 11.8. The van der Waals surface area contributed by atoms with Crippen LogP contribution in [0.4, 0.5) is 13.2 Å². The van der Waals surface area contributed by atoms with Crippen LogP contribution in [0.25, 0.3) is 39.3 Å². The molecular weight excluding hydrogens is 431 g/mol. The van der Waals surface area contributed by atoms with Gasteiger partial charge >= 0.3 is 6.18 Å². The Balaban J connectivity index is 1.63. The van der Waals surface area contributed by atoms with Crippen LogP contribution >= 0.6 is 0 Å². The molecule has 0 amide bonds. The number of hydrogen-bond acceptors (Lipinski definition) is 4. The maximum Gasteiger partial charge on any atom is 0.416 e. The molecule has 2 aromatic heterocycles. The summed E-state index contributed by atoms with van der Waals surface area (Å²) in [5.74, 6) is 0.304. The summed E-state index contributed by atoms with van der Waals surface area (Å²) < 4.78 is 45.5. The zero-order valence-corrected chi connectivity index (χ0v) is 17.3. The summed E-state index contributed by atoms with van der Waals surface area (Å²) in [7, 11) is 0. The lowest BCUT2D eigenvalue weighted by Crippen LogP contribution is -2.18. The van der Waals surface area contributed by atoms with Gasteiger partial charge in [0.1, 0.15) is 0 Å². The van der Waals surface area contributed by atoms with Crippen LogP contribution in [0.15, 0.2) is 88.3 Å². The molecule has 5 rings (SSSR count). The van der Waals surface area contributed by atoms with Crippen molar-refractivity contribution >= 4 is 10.8 Å². The summed E-state index contributed by atoms with van der Waals surface area (Å²) in [6, 6.07) is 19.1. The van der Waals surface area contributed by atoms with Crippen molar-refractivity contribution in [2.45, 2.75) is 13.1 Å². The summed E-state index contributed by atoms with van der Waals surface area (Å²) in [4.78, 5) is 17.5. The van der Waals surface area contributed by atoms with Gasteiger partial charge < -0.3 is 4.52 Å². The molecular formula is C25H16F3N3O2. The van der Waals surface area contributed by atoms with E-state index in [0.29, 0.717) is 27.6 Å². The molecule has 0 saturated carbocycles. The van der Waals surface area contributed by atoms with Crippen LogP contribution in [-0.4, -0.2) is 14.7 Å². The number of fused-ring (bicyclic) bond motifs is 1. The second kappa shape index (κ2) is 7.74. The summed E-state index contributed by atoms with van der Waals surface area (Å²) in [6.07, 6.45) is -2.79. The monoisotopic (exact) mass is 447 g/mol. The van der Waals surface area contributed by atoms with Gasteiger partial charge in [0.15, 0.2) is 0 Å². The zero-order valence-electron chi connectivity index (χ0n) is 17.3. The van der Waals surface area contributed by atoms with Crippen LogP contribution in [0.3, 0.4) is 0 Å². The number of rotatable bonds is 3. The van der Waals surface area contributed by atoms with Crippen molar-refractivity contribution in [1.82, 2.24) is 14.7 Å². The van der Waals surface area contributed by atoms with Crippen molar-refractivity contribution in [1.29, 1.82) is 0 Å². The second-order valence-electron chi connectivity index (χ2n) is 7.60. The molecule has 0 unspecified atom stereocenters. The molecule has 2 heterocycles. The number of nitrogens with zero attached hydrogens (tertiary/aromatic N) is 3. The van der Waals surface area contributed by atoms with Crippen molar-refractivity contribution < 1.29 is 17.7 Å². The maximum atomic E-state index is 13.1. The maximum absolute atomic E-state index is 13.1. The summed E-state index contributed by atoms with van der Waals surface area (Å²) >= 11 is 0. The van der Waals surface area contributed by atoms with E-state index in [4.69, 9.17) is 4.52 Å². The molecule has 33 heavy (non-hydrogen) atoms. The Bertz CT molecular complexity index is 1520. The van der Waals surface area contributed by atoms with Crippen molar-refractivity contribution in [3.8, 4) is 28.5 Å². The average Bonchev–Trinajstić information content (AvgIpc) is 3.30. The number of halogens is 3. The highest BCUT2D eigenvalue weighted by molar-refractivity contribution is 5.94. The Labute approximate surface area is 185 Å². The van der Waals surface area contributed by atoms with Gasteiger partial charge in [-0.3, -0.25) is 9.36 Å². The molecule has 0 aliphatic heterocycles.